The molecule has 5 nitrogen and oxygen atoms in total. The van der Waals surface area contributed by atoms with E-state index in [1.165, 1.54) is 6.07 Å². The predicted octanol–water partition coefficient (Wildman–Crippen LogP) is 3.83. The summed E-state index contributed by atoms with van der Waals surface area (Å²) in [6.45, 7) is 5.63. The molecule has 0 unspecified atom stereocenters. The van der Waals surface area contributed by atoms with Gasteiger partial charge in [-0.25, -0.2) is 4.39 Å². The Morgan fingerprint density at radius 2 is 1.37 bits per heavy atom. The summed E-state index contributed by atoms with van der Waals surface area (Å²) < 4.78 is 16.1. The normalized spacial score (nSPS) is 14.1. The van der Waals surface area contributed by atoms with E-state index >= 15 is 0 Å². The number of aromatic nitrogens is 1. The lowest BCUT2D eigenvalue weighted by Crippen LogP contribution is -2.50. The first-order chi connectivity index (χ1) is 14.5. The lowest BCUT2D eigenvalue weighted by molar-refractivity contribution is 0.0535. The molecule has 3 aromatic rings. The number of piperazine rings is 1. The average Bonchev–Trinajstić information content (AvgIpc) is 3.07. The van der Waals surface area contributed by atoms with Crippen LogP contribution in [0.3, 0.4) is 0 Å². The van der Waals surface area contributed by atoms with Crippen LogP contribution in [-0.4, -0.2) is 52.4 Å². The fraction of sp³-hybridized carbons (Fsp3) is 0.250. The Labute approximate surface area is 175 Å². The molecule has 0 saturated carbocycles. The van der Waals surface area contributed by atoms with Gasteiger partial charge < -0.3 is 14.4 Å². The van der Waals surface area contributed by atoms with Crippen LogP contribution in [0, 0.1) is 19.7 Å². The van der Waals surface area contributed by atoms with Crippen LogP contribution in [0.4, 0.5) is 4.39 Å². The molecule has 30 heavy (non-hydrogen) atoms. The first-order valence-electron chi connectivity index (χ1n) is 10.0. The number of hydrogen-bond donors (Lipinski definition) is 0. The van der Waals surface area contributed by atoms with Gasteiger partial charge in [-0.3, -0.25) is 9.59 Å². The lowest BCUT2D eigenvalue weighted by atomic mass is 10.1. The molecule has 2 amide bonds. The minimum atomic E-state index is -0.327. The Hall–Kier alpha value is -3.41. The van der Waals surface area contributed by atoms with Gasteiger partial charge in [0.05, 0.1) is 11.3 Å². The number of para-hydroxylation sites is 1. The van der Waals surface area contributed by atoms with Gasteiger partial charge >= 0.3 is 0 Å². The number of carbonyl (C=O) groups is 2. The van der Waals surface area contributed by atoms with Gasteiger partial charge in [0.25, 0.3) is 11.8 Å². The molecule has 154 valence electrons. The first-order valence-corrected chi connectivity index (χ1v) is 10.0. The number of nitrogens with zero attached hydrogens (tertiary/aromatic N) is 3. The maximum Gasteiger partial charge on any atom is 0.255 e. The van der Waals surface area contributed by atoms with Gasteiger partial charge in [-0.2, -0.15) is 0 Å². The standard InChI is InChI=1S/C24H24FN3O2/c1-17-16-20(18(2)28(17)22-11-7-6-10-21(22)25)24(30)27-14-12-26(13-15-27)23(29)19-8-4-3-5-9-19/h3-11,16H,12-15H2,1-2H3. The molecule has 2 heterocycles. The molecule has 1 aliphatic rings. The van der Waals surface area contributed by atoms with Crippen LogP contribution in [0.25, 0.3) is 5.69 Å². The highest BCUT2D eigenvalue weighted by Crippen LogP contribution is 2.24. The molecule has 0 aliphatic carbocycles. The third-order valence-corrected chi connectivity index (χ3v) is 5.63. The van der Waals surface area contributed by atoms with Crippen molar-refractivity contribution < 1.29 is 14.0 Å². The summed E-state index contributed by atoms with van der Waals surface area (Å²) in [4.78, 5) is 29.3. The second kappa shape index (κ2) is 8.14. The van der Waals surface area contributed by atoms with E-state index in [0.29, 0.717) is 48.7 Å². The van der Waals surface area contributed by atoms with Crippen LogP contribution >= 0.6 is 0 Å². The largest absolute Gasteiger partial charge is 0.335 e. The van der Waals surface area contributed by atoms with E-state index in [1.807, 2.05) is 38.1 Å². The topological polar surface area (TPSA) is 45.6 Å². The quantitative estimate of drug-likeness (QED) is 0.665. The maximum absolute atomic E-state index is 14.3. The summed E-state index contributed by atoms with van der Waals surface area (Å²) in [6, 6.07) is 17.5. The number of aryl methyl sites for hydroxylation is 1. The smallest absolute Gasteiger partial charge is 0.255 e. The minimum absolute atomic E-state index is 0.0135. The molecule has 6 heteroatoms. The Kier molecular flexibility index (Phi) is 5.40. The number of hydrogen-bond acceptors (Lipinski definition) is 2. The van der Waals surface area contributed by atoms with Gasteiger partial charge in [0.2, 0.25) is 0 Å². The van der Waals surface area contributed by atoms with E-state index in [4.69, 9.17) is 0 Å². The maximum atomic E-state index is 14.3. The van der Waals surface area contributed by atoms with E-state index in [9.17, 15) is 14.0 Å². The van der Waals surface area contributed by atoms with E-state index in [1.54, 1.807) is 44.7 Å². The second-order valence-corrected chi connectivity index (χ2v) is 7.52. The average molecular weight is 405 g/mol. The minimum Gasteiger partial charge on any atom is -0.335 e. The molecular weight excluding hydrogens is 381 g/mol. The van der Waals surface area contributed by atoms with Crippen LogP contribution in [-0.2, 0) is 0 Å². The van der Waals surface area contributed by atoms with Crippen molar-refractivity contribution in [1.29, 1.82) is 0 Å². The number of rotatable bonds is 3. The molecule has 1 aliphatic heterocycles. The SMILES string of the molecule is Cc1cc(C(=O)N2CCN(C(=O)c3ccccc3)CC2)c(C)n1-c1ccccc1F. The predicted molar refractivity (Wildman–Crippen MR) is 113 cm³/mol. The molecule has 2 aromatic carbocycles. The molecular formula is C24H24FN3O2. The summed E-state index contributed by atoms with van der Waals surface area (Å²) in [5, 5.41) is 0. The molecule has 4 rings (SSSR count). The third-order valence-electron chi connectivity index (χ3n) is 5.63. The monoisotopic (exact) mass is 405 g/mol. The van der Waals surface area contributed by atoms with Crippen LogP contribution in [0.15, 0.2) is 60.7 Å². The van der Waals surface area contributed by atoms with Gasteiger partial charge in [-0.05, 0) is 44.2 Å². The van der Waals surface area contributed by atoms with Crippen molar-refractivity contribution in [2.45, 2.75) is 13.8 Å². The fourth-order valence-corrected chi connectivity index (χ4v) is 4.03. The van der Waals surface area contributed by atoms with Crippen molar-refractivity contribution in [1.82, 2.24) is 14.4 Å². The van der Waals surface area contributed by atoms with E-state index in [-0.39, 0.29) is 17.6 Å². The summed E-state index contributed by atoms with van der Waals surface area (Å²) in [6.07, 6.45) is 0. The van der Waals surface area contributed by atoms with Gasteiger partial charge in [0.1, 0.15) is 5.82 Å². The van der Waals surface area contributed by atoms with Gasteiger partial charge in [0, 0.05) is 43.1 Å². The van der Waals surface area contributed by atoms with E-state index in [0.717, 1.165) is 5.69 Å². The zero-order chi connectivity index (χ0) is 21.3. The summed E-state index contributed by atoms with van der Waals surface area (Å²) in [7, 11) is 0. The van der Waals surface area contributed by atoms with E-state index in [2.05, 4.69) is 0 Å². The molecule has 1 aromatic heterocycles. The Balaban J connectivity index is 1.50. The molecule has 1 saturated heterocycles. The van der Waals surface area contributed by atoms with Crippen LogP contribution < -0.4 is 0 Å². The number of benzene rings is 2. The number of carbonyl (C=O) groups excluding carboxylic acids is 2. The van der Waals surface area contributed by atoms with Crippen molar-refractivity contribution in [3.63, 3.8) is 0 Å². The van der Waals surface area contributed by atoms with Crippen LogP contribution in [0.1, 0.15) is 32.1 Å². The Morgan fingerprint density at radius 3 is 2.00 bits per heavy atom. The number of halogens is 1. The first kappa shape index (κ1) is 19.9. The van der Waals surface area contributed by atoms with Crippen molar-refractivity contribution in [3.05, 3.63) is 89.0 Å². The molecule has 0 N–H and O–H groups in total. The zero-order valence-electron chi connectivity index (χ0n) is 17.1. The summed E-state index contributed by atoms with van der Waals surface area (Å²) in [5.41, 5.74) is 3.18. The van der Waals surface area contributed by atoms with E-state index < -0.39 is 0 Å². The van der Waals surface area contributed by atoms with Gasteiger partial charge in [-0.15, -0.1) is 0 Å². The highest BCUT2D eigenvalue weighted by Gasteiger charge is 2.28. The van der Waals surface area contributed by atoms with Crippen molar-refractivity contribution in [3.8, 4) is 5.69 Å². The third kappa shape index (κ3) is 3.61. The van der Waals surface area contributed by atoms with Crippen LogP contribution in [0.5, 0.6) is 0 Å². The molecule has 1 fully saturated rings. The highest BCUT2D eigenvalue weighted by molar-refractivity contribution is 5.97. The fourth-order valence-electron chi connectivity index (χ4n) is 4.03. The van der Waals surface area contributed by atoms with Gasteiger partial charge in [0.15, 0.2) is 0 Å². The summed E-state index contributed by atoms with van der Waals surface area (Å²) >= 11 is 0. The summed E-state index contributed by atoms with van der Waals surface area (Å²) in [5.74, 6) is -0.427. The van der Waals surface area contributed by atoms with Crippen molar-refractivity contribution in [2.75, 3.05) is 26.2 Å². The van der Waals surface area contributed by atoms with Crippen LogP contribution in [0.2, 0.25) is 0 Å². The Morgan fingerprint density at radius 1 is 0.800 bits per heavy atom. The lowest BCUT2D eigenvalue weighted by Gasteiger charge is -2.34. The zero-order valence-corrected chi connectivity index (χ0v) is 17.1. The molecule has 0 radical (unpaired) electrons. The Bertz CT molecular complexity index is 1080. The highest BCUT2D eigenvalue weighted by atomic mass is 19.1. The number of amides is 2. The second-order valence-electron chi connectivity index (χ2n) is 7.52. The molecule has 0 atom stereocenters. The van der Waals surface area contributed by atoms with Crippen molar-refractivity contribution >= 4 is 11.8 Å². The van der Waals surface area contributed by atoms with Crippen molar-refractivity contribution in [2.24, 2.45) is 0 Å². The molecule has 0 bridgehead atoms. The molecule has 0 spiro atoms. The van der Waals surface area contributed by atoms with Gasteiger partial charge in [-0.1, -0.05) is 30.3 Å².